The highest BCUT2D eigenvalue weighted by molar-refractivity contribution is 6.03. The lowest BCUT2D eigenvalue weighted by atomic mass is 10.1. The molecule has 0 saturated carbocycles. The third-order valence-corrected chi connectivity index (χ3v) is 2.98. The number of piperidine rings is 1. The maximum atomic E-state index is 11.9. The van der Waals surface area contributed by atoms with Gasteiger partial charge in [-0.3, -0.25) is 19.7 Å². The summed E-state index contributed by atoms with van der Waals surface area (Å²) in [6.45, 7) is 0. The standard InChI is InChI=1S/C13H15N3O3/c1-14-9-4-2-8(3-5-9)12(18)15-10-6-7-11(17)16-13(10)19/h2-5,10,14H,6-7H2,1H3,(H,15,18)(H,16,17,19). The van der Waals surface area contributed by atoms with Gasteiger partial charge in [-0.1, -0.05) is 0 Å². The minimum atomic E-state index is -0.644. The van der Waals surface area contributed by atoms with Crippen LogP contribution in [0.2, 0.25) is 0 Å². The Morgan fingerprint density at radius 3 is 2.53 bits per heavy atom. The van der Waals surface area contributed by atoms with Crippen LogP contribution in [-0.4, -0.2) is 30.8 Å². The second-order valence-corrected chi connectivity index (χ2v) is 4.30. The first-order valence-corrected chi connectivity index (χ1v) is 6.02. The van der Waals surface area contributed by atoms with Gasteiger partial charge in [0.2, 0.25) is 11.8 Å². The predicted molar refractivity (Wildman–Crippen MR) is 69.6 cm³/mol. The Balaban J connectivity index is 2.00. The van der Waals surface area contributed by atoms with Crippen LogP contribution in [0.5, 0.6) is 0 Å². The van der Waals surface area contributed by atoms with Crippen LogP contribution in [0, 0.1) is 0 Å². The molecule has 1 atom stereocenters. The van der Waals surface area contributed by atoms with Gasteiger partial charge in [0.05, 0.1) is 0 Å². The molecule has 6 heteroatoms. The lowest BCUT2D eigenvalue weighted by molar-refractivity contribution is -0.134. The molecule has 1 saturated heterocycles. The van der Waals surface area contributed by atoms with Crippen LogP contribution in [0.1, 0.15) is 23.2 Å². The van der Waals surface area contributed by atoms with Gasteiger partial charge < -0.3 is 10.6 Å². The van der Waals surface area contributed by atoms with E-state index < -0.39 is 11.9 Å². The number of carbonyl (C=O) groups excluding carboxylic acids is 3. The molecule has 3 N–H and O–H groups in total. The van der Waals surface area contributed by atoms with Crippen molar-refractivity contribution in [2.45, 2.75) is 18.9 Å². The van der Waals surface area contributed by atoms with Gasteiger partial charge in [0, 0.05) is 24.7 Å². The van der Waals surface area contributed by atoms with E-state index in [1.54, 1.807) is 31.3 Å². The second kappa shape index (κ2) is 5.51. The summed E-state index contributed by atoms with van der Waals surface area (Å²) in [5.74, 6) is -1.07. The number of hydrogen-bond acceptors (Lipinski definition) is 4. The van der Waals surface area contributed by atoms with Gasteiger partial charge in [0.15, 0.2) is 0 Å². The molecular weight excluding hydrogens is 246 g/mol. The van der Waals surface area contributed by atoms with E-state index >= 15 is 0 Å². The van der Waals surface area contributed by atoms with Crippen molar-refractivity contribution < 1.29 is 14.4 Å². The summed E-state index contributed by atoms with van der Waals surface area (Å²) in [7, 11) is 1.79. The molecule has 0 bridgehead atoms. The highest BCUT2D eigenvalue weighted by Gasteiger charge is 2.27. The summed E-state index contributed by atoms with van der Waals surface area (Å²) < 4.78 is 0. The zero-order valence-electron chi connectivity index (χ0n) is 10.5. The molecule has 1 aromatic rings. The number of benzene rings is 1. The Morgan fingerprint density at radius 1 is 1.26 bits per heavy atom. The first kappa shape index (κ1) is 13.1. The van der Waals surface area contributed by atoms with Crippen LogP contribution in [0.4, 0.5) is 5.69 Å². The Hall–Kier alpha value is -2.37. The van der Waals surface area contributed by atoms with E-state index in [0.29, 0.717) is 12.0 Å². The molecule has 100 valence electrons. The van der Waals surface area contributed by atoms with Crippen molar-refractivity contribution in [1.29, 1.82) is 0 Å². The van der Waals surface area contributed by atoms with Crippen molar-refractivity contribution in [3.8, 4) is 0 Å². The van der Waals surface area contributed by atoms with Crippen molar-refractivity contribution in [2.75, 3.05) is 12.4 Å². The van der Waals surface area contributed by atoms with Crippen molar-refractivity contribution >= 4 is 23.4 Å². The topological polar surface area (TPSA) is 87.3 Å². The summed E-state index contributed by atoms with van der Waals surface area (Å²) in [5.41, 5.74) is 1.38. The Bertz CT molecular complexity index is 510. The average molecular weight is 261 g/mol. The number of carbonyl (C=O) groups is 3. The monoisotopic (exact) mass is 261 g/mol. The molecule has 6 nitrogen and oxygen atoms in total. The third kappa shape index (κ3) is 3.09. The molecule has 1 unspecified atom stereocenters. The molecular formula is C13H15N3O3. The van der Waals surface area contributed by atoms with E-state index in [1.807, 2.05) is 0 Å². The Kier molecular flexibility index (Phi) is 3.79. The molecule has 1 aliphatic rings. The fourth-order valence-electron chi connectivity index (χ4n) is 1.86. The van der Waals surface area contributed by atoms with E-state index in [1.165, 1.54) is 0 Å². The van der Waals surface area contributed by atoms with Gasteiger partial charge >= 0.3 is 0 Å². The number of hydrogen-bond donors (Lipinski definition) is 3. The van der Waals surface area contributed by atoms with Crippen molar-refractivity contribution in [3.63, 3.8) is 0 Å². The molecule has 3 amide bonds. The second-order valence-electron chi connectivity index (χ2n) is 4.30. The molecule has 0 radical (unpaired) electrons. The van der Waals surface area contributed by atoms with Crippen molar-refractivity contribution in [2.24, 2.45) is 0 Å². The number of amides is 3. The van der Waals surface area contributed by atoms with E-state index in [2.05, 4.69) is 16.0 Å². The highest BCUT2D eigenvalue weighted by atomic mass is 16.2. The maximum Gasteiger partial charge on any atom is 0.251 e. The molecule has 19 heavy (non-hydrogen) atoms. The summed E-state index contributed by atoms with van der Waals surface area (Å²) >= 11 is 0. The Morgan fingerprint density at radius 2 is 1.95 bits per heavy atom. The zero-order chi connectivity index (χ0) is 13.8. The molecule has 2 rings (SSSR count). The SMILES string of the molecule is CNc1ccc(C(=O)NC2CCC(=O)NC2=O)cc1. The van der Waals surface area contributed by atoms with Crippen LogP contribution in [0.3, 0.4) is 0 Å². The lowest BCUT2D eigenvalue weighted by Gasteiger charge is -2.21. The molecule has 0 aliphatic carbocycles. The number of imide groups is 1. The van der Waals surface area contributed by atoms with Crippen molar-refractivity contribution in [1.82, 2.24) is 10.6 Å². The predicted octanol–water partition coefficient (Wildman–Crippen LogP) is 0.263. The van der Waals surface area contributed by atoms with E-state index in [9.17, 15) is 14.4 Å². The normalized spacial score (nSPS) is 18.7. The molecule has 1 aromatic carbocycles. The summed E-state index contributed by atoms with van der Waals surface area (Å²) in [5, 5.41) is 7.77. The van der Waals surface area contributed by atoms with E-state index in [0.717, 1.165) is 5.69 Å². The van der Waals surface area contributed by atoms with E-state index in [-0.39, 0.29) is 18.2 Å². The van der Waals surface area contributed by atoms with Crippen LogP contribution in [-0.2, 0) is 9.59 Å². The first-order valence-electron chi connectivity index (χ1n) is 6.02. The summed E-state index contributed by atoms with van der Waals surface area (Å²) in [4.78, 5) is 34.5. The van der Waals surface area contributed by atoms with Gasteiger partial charge in [-0.15, -0.1) is 0 Å². The van der Waals surface area contributed by atoms with Gasteiger partial charge in [-0.05, 0) is 30.7 Å². The molecule has 1 heterocycles. The van der Waals surface area contributed by atoms with Crippen LogP contribution in [0.25, 0.3) is 0 Å². The van der Waals surface area contributed by atoms with Gasteiger partial charge in [0.1, 0.15) is 6.04 Å². The maximum absolute atomic E-state index is 11.9. The minimum Gasteiger partial charge on any atom is -0.388 e. The Labute approximate surface area is 110 Å². The summed E-state index contributed by atoms with van der Waals surface area (Å²) in [6.07, 6.45) is 0.584. The molecule has 0 spiro atoms. The van der Waals surface area contributed by atoms with Crippen LogP contribution < -0.4 is 16.0 Å². The van der Waals surface area contributed by atoms with E-state index in [4.69, 9.17) is 0 Å². The fourth-order valence-corrected chi connectivity index (χ4v) is 1.86. The van der Waals surface area contributed by atoms with Crippen LogP contribution in [0.15, 0.2) is 24.3 Å². The average Bonchev–Trinajstić information content (AvgIpc) is 2.42. The summed E-state index contributed by atoms with van der Waals surface area (Å²) in [6, 6.07) is 6.26. The third-order valence-electron chi connectivity index (χ3n) is 2.98. The number of rotatable bonds is 3. The van der Waals surface area contributed by atoms with Crippen LogP contribution >= 0.6 is 0 Å². The molecule has 0 aromatic heterocycles. The quantitative estimate of drug-likeness (QED) is 0.681. The molecule has 1 aliphatic heterocycles. The highest BCUT2D eigenvalue weighted by Crippen LogP contribution is 2.10. The minimum absolute atomic E-state index is 0.245. The number of nitrogens with one attached hydrogen (secondary N) is 3. The van der Waals surface area contributed by atoms with Gasteiger partial charge in [-0.2, -0.15) is 0 Å². The largest absolute Gasteiger partial charge is 0.388 e. The first-order chi connectivity index (χ1) is 9.10. The molecule has 1 fully saturated rings. The van der Waals surface area contributed by atoms with Gasteiger partial charge in [-0.25, -0.2) is 0 Å². The smallest absolute Gasteiger partial charge is 0.251 e. The van der Waals surface area contributed by atoms with Gasteiger partial charge in [0.25, 0.3) is 5.91 Å². The fraction of sp³-hybridized carbons (Fsp3) is 0.308. The zero-order valence-corrected chi connectivity index (χ0v) is 10.5. The van der Waals surface area contributed by atoms with Crippen molar-refractivity contribution in [3.05, 3.63) is 29.8 Å². The number of anilines is 1. The lowest BCUT2D eigenvalue weighted by Crippen LogP contribution is -2.52.